The lowest BCUT2D eigenvalue weighted by molar-refractivity contribution is -0.122. The van der Waals surface area contributed by atoms with Crippen LogP contribution in [0.5, 0.6) is 5.75 Å². The molecule has 27 heavy (non-hydrogen) atoms. The Morgan fingerprint density at radius 1 is 1.15 bits per heavy atom. The highest BCUT2D eigenvalue weighted by Crippen LogP contribution is 2.32. The number of ether oxygens (including phenoxy) is 2. The van der Waals surface area contributed by atoms with E-state index in [1.807, 2.05) is 30.3 Å². The minimum atomic E-state index is -0.574. The third-order valence-electron chi connectivity index (χ3n) is 5.06. The predicted molar refractivity (Wildman–Crippen MR) is 102 cm³/mol. The number of carbonyl (C=O) groups is 2. The van der Waals surface area contributed by atoms with E-state index in [0.717, 1.165) is 42.9 Å². The second-order valence-electron chi connectivity index (χ2n) is 6.83. The van der Waals surface area contributed by atoms with Gasteiger partial charge in [-0.1, -0.05) is 18.2 Å². The first-order chi connectivity index (χ1) is 13.2. The average molecular weight is 366 g/mol. The van der Waals surface area contributed by atoms with Gasteiger partial charge < -0.3 is 19.7 Å². The summed E-state index contributed by atoms with van der Waals surface area (Å²) in [4.78, 5) is 27.0. The van der Waals surface area contributed by atoms with Crippen molar-refractivity contribution in [3.8, 4) is 5.75 Å². The van der Waals surface area contributed by atoms with Crippen molar-refractivity contribution < 1.29 is 19.1 Å². The molecule has 4 rings (SSSR count). The number of hydrogen-bond acceptors (Lipinski definition) is 5. The Kier molecular flexibility index (Phi) is 4.71. The molecule has 1 unspecified atom stereocenters. The second kappa shape index (κ2) is 7.31. The van der Waals surface area contributed by atoms with Crippen LogP contribution in [0.1, 0.15) is 28.8 Å². The van der Waals surface area contributed by atoms with E-state index < -0.39 is 12.1 Å². The van der Waals surface area contributed by atoms with Crippen LogP contribution in [0.4, 0.5) is 11.4 Å². The summed E-state index contributed by atoms with van der Waals surface area (Å²) in [7, 11) is 1.35. The maximum Gasteiger partial charge on any atom is 0.337 e. The zero-order chi connectivity index (χ0) is 18.8. The number of carbonyl (C=O) groups excluding carboxylic acids is 2. The van der Waals surface area contributed by atoms with Crippen molar-refractivity contribution in [1.29, 1.82) is 0 Å². The minimum Gasteiger partial charge on any atom is -0.480 e. The summed E-state index contributed by atoms with van der Waals surface area (Å²) >= 11 is 0. The highest BCUT2D eigenvalue weighted by molar-refractivity contribution is 6.00. The van der Waals surface area contributed by atoms with Gasteiger partial charge in [-0.15, -0.1) is 0 Å². The first-order valence-electron chi connectivity index (χ1n) is 9.18. The van der Waals surface area contributed by atoms with Crippen LogP contribution in [0.2, 0.25) is 0 Å². The molecule has 140 valence electrons. The summed E-state index contributed by atoms with van der Waals surface area (Å²) in [6, 6.07) is 13.0. The molecule has 2 heterocycles. The summed E-state index contributed by atoms with van der Waals surface area (Å²) in [5, 5.41) is 2.97. The van der Waals surface area contributed by atoms with Crippen LogP contribution >= 0.6 is 0 Å². The largest absolute Gasteiger partial charge is 0.480 e. The molecule has 0 radical (unpaired) electrons. The van der Waals surface area contributed by atoms with E-state index in [9.17, 15) is 9.59 Å². The van der Waals surface area contributed by atoms with Crippen LogP contribution < -0.4 is 15.0 Å². The topological polar surface area (TPSA) is 67.9 Å². The van der Waals surface area contributed by atoms with Gasteiger partial charge in [0.15, 0.2) is 6.10 Å². The van der Waals surface area contributed by atoms with Gasteiger partial charge in [0, 0.05) is 19.5 Å². The predicted octanol–water partition coefficient (Wildman–Crippen LogP) is 3.02. The van der Waals surface area contributed by atoms with Gasteiger partial charge in [-0.05, 0) is 42.7 Å². The van der Waals surface area contributed by atoms with Crippen molar-refractivity contribution in [3.63, 3.8) is 0 Å². The van der Waals surface area contributed by atoms with Crippen molar-refractivity contribution in [1.82, 2.24) is 0 Å². The van der Waals surface area contributed by atoms with E-state index in [1.54, 1.807) is 12.1 Å². The fraction of sp³-hybridized carbons (Fsp3) is 0.333. The zero-order valence-corrected chi connectivity index (χ0v) is 15.2. The quantitative estimate of drug-likeness (QED) is 0.843. The van der Waals surface area contributed by atoms with Gasteiger partial charge in [0.25, 0.3) is 5.91 Å². The van der Waals surface area contributed by atoms with E-state index >= 15 is 0 Å². The Bertz CT molecular complexity index is 849. The number of esters is 1. The third kappa shape index (κ3) is 3.47. The number of benzene rings is 2. The Morgan fingerprint density at radius 2 is 1.93 bits per heavy atom. The van der Waals surface area contributed by atoms with Crippen molar-refractivity contribution in [2.24, 2.45) is 0 Å². The van der Waals surface area contributed by atoms with Crippen LogP contribution in [0, 0.1) is 0 Å². The molecule has 1 atom stereocenters. The lowest BCUT2D eigenvalue weighted by atomic mass is 10.1. The summed E-state index contributed by atoms with van der Waals surface area (Å²) in [6.07, 6.45) is 2.20. The molecular formula is C21H22N2O4. The van der Waals surface area contributed by atoms with Gasteiger partial charge in [0.05, 0.1) is 24.0 Å². The summed E-state index contributed by atoms with van der Waals surface area (Å²) in [5.74, 6) is 0.109. The van der Waals surface area contributed by atoms with Crippen molar-refractivity contribution in [2.45, 2.75) is 25.4 Å². The molecule has 2 aliphatic heterocycles. The normalized spacial score (nSPS) is 18.0. The number of fused-ring (bicyclic) bond motifs is 1. The maximum atomic E-state index is 12.8. The average Bonchev–Trinajstić information content (AvgIpc) is 3.37. The first-order valence-corrected chi connectivity index (χ1v) is 9.18. The SMILES string of the molecule is COC(=O)c1ccc(N2CCCC2)c(NC(=O)C2Cc3ccccc3O2)c1. The number of rotatable bonds is 4. The number of para-hydroxylation sites is 1. The van der Waals surface area contributed by atoms with E-state index in [4.69, 9.17) is 9.47 Å². The molecule has 6 heteroatoms. The lowest BCUT2D eigenvalue weighted by Crippen LogP contribution is -2.32. The first kappa shape index (κ1) is 17.4. The molecule has 2 aromatic carbocycles. The van der Waals surface area contributed by atoms with Gasteiger partial charge in [-0.2, -0.15) is 0 Å². The van der Waals surface area contributed by atoms with Gasteiger partial charge in [-0.25, -0.2) is 4.79 Å². The van der Waals surface area contributed by atoms with E-state index in [0.29, 0.717) is 17.7 Å². The minimum absolute atomic E-state index is 0.214. The zero-order valence-electron chi connectivity index (χ0n) is 15.2. The molecule has 2 aliphatic rings. The van der Waals surface area contributed by atoms with Crippen LogP contribution in [-0.4, -0.2) is 38.2 Å². The summed E-state index contributed by atoms with van der Waals surface area (Å²) in [6.45, 7) is 1.87. The molecule has 1 amide bonds. The van der Waals surface area contributed by atoms with Gasteiger partial charge in [0.2, 0.25) is 0 Å². The fourth-order valence-corrected chi connectivity index (χ4v) is 3.66. The molecule has 0 aliphatic carbocycles. The number of hydrogen-bond donors (Lipinski definition) is 1. The van der Waals surface area contributed by atoms with Crippen LogP contribution in [0.25, 0.3) is 0 Å². The Morgan fingerprint density at radius 3 is 2.67 bits per heavy atom. The number of nitrogens with one attached hydrogen (secondary N) is 1. The van der Waals surface area contributed by atoms with Gasteiger partial charge >= 0.3 is 5.97 Å². The van der Waals surface area contributed by atoms with Crippen LogP contribution in [-0.2, 0) is 16.0 Å². The second-order valence-corrected chi connectivity index (χ2v) is 6.83. The monoisotopic (exact) mass is 366 g/mol. The molecule has 1 N–H and O–H groups in total. The molecule has 2 aromatic rings. The number of nitrogens with zero attached hydrogens (tertiary/aromatic N) is 1. The van der Waals surface area contributed by atoms with Gasteiger partial charge in [0.1, 0.15) is 5.75 Å². The van der Waals surface area contributed by atoms with Crippen molar-refractivity contribution in [3.05, 3.63) is 53.6 Å². The van der Waals surface area contributed by atoms with Gasteiger partial charge in [-0.3, -0.25) is 4.79 Å². The van der Waals surface area contributed by atoms with E-state index in [1.165, 1.54) is 7.11 Å². The maximum absolute atomic E-state index is 12.8. The molecule has 0 spiro atoms. The highest BCUT2D eigenvalue weighted by Gasteiger charge is 2.30. The van der Waals surface area contributed by atoms with Crippen molar-refractivity contribution in [2.75, 3.05) is 30.4 Å². The molecule has 6 nitrogen and oxygen atoms in total. The van der Waals surface area contributed by atoms with Crippen LogP contribution in [0.3, 0.4) is 0 Å². The van der Waals surface area contributed by atoms with E-state index in [2.05, 4.69) is 10.2 Å². The molecule has 0 aromatic heterocycles. The Balaban J connectivity index is 1.57. The van der Waals surface area contributed by atoms with Crippen LogP contribution in [0.15, 0.2) is 42.5 Å². The number of amides is 1. The highest BCUT2D eigenvalue weighted by atomic mass is 16.5. The molecular weight excluding hydrogens is 344 g/mol. The van der Waals surface area contributed by atoms with Crippen molar-refractivity contribution >= 4 is 23.3 Å². The number of methoxy groups -OCH3 is 1. The van der Waals surface area contributed by atoms with E-state index in [-0.39, 0.29) is 5.91 Å². The third-order valence-corrected chi connectivity index (χ3v) is 5.06. The Hall–Kier alpha value is -3.02. The molecule has 0 bridgehead atoms. The fourth-order valence-electron chi connectivity index (χ4n) is 3.66. The molecule has 0 saturated carbocycles. The lowest BCUT2D eigenvalue weighted by Gasteiger charge is -2.23. The smallest absolute Gasteiger partial charge is 0.337 e. The summed E-state index contributed by atoms with van der Waals surface area (Å²) in [5.41, 5.74) is 2.97. The Labute approximate surface area is 158 Å². The number of anilines is 2. The molecule has 1 fully saturated rings. The molecule has 1 saturated heterocycles. The standard InChI is InChI=1S/C21H22N2O4/c1-26-21(25)15-8-9-17(23-10-4-5-11-23)16(12-15)22-20(24)19-13-14-6-2-3-7-18(14)27-19/h2-3,6-9,12,19H,4-5,10-11,13H2,1H3,(H,22,24). The summed E-state index contributed by atoms with van der Waals surface area (Å²) < 4.78 is 10.6.